The van der Waals surface area contributed by atoms with Crippen molar-refractivity contribution in [3.8, 4) is 0 Å². The summed E-state index contributed by atoms with van der Waals surface area (Å²) in [5.41, 5.74) is 5.14. The van der Waals surface area contributed by atoms with Crippen LogP contribution in [0.4, 0.5) is 10.1 Å². The fraction of sp³-hybridized carbons (Fsp3) is 0.500. The van der Waals surface area contributed by atoms with E-state index in [4.69, 9.17) is 22.1 Å². The molecule has 0 aliphatic carbocycles. The molecule has 1 aromatic carbocycles. The molecular formula is C12H16ClFN2O3S. The summed E-state index contributed by atoms with van der Waals surface area (Å²) in [6.45, 7) is 2.37. The number of sulfonamides is 1. The first-order valence-corrected chi connectivity index (χ1v) is 8.04. The molecule has 1 heterocycles. The first-order chi connectivity index (χ1) is 9.29. The van der Waals surface area contributed by atoms with Gasteiger partial charge < -0.3 is 10.5 Å². The van der Waals surface area contributed by atoms with Crippen LogP contribution in [0.3, 0.4) is 0 Å². The number of hydrogen-bond acceptors (Lipinski definition) is 4. The third-order valence-electron chi connectivity index (χ3n) is 3.15. The summed E-state index contributed by atoms with van der Waals surface area (Å²) in [6, 6.07) is 1.70. The molecule has 20 heavy (non-hydrogen) atoms. The molecule has 1 aliphatic rings. The van der Waals surface area contributed by atoms with Crippen molar-refractivity contribution in [1.82, 2.24) is 4.72 Å². The van der Waals surface area contributed by atoms with Gasteiger partial charge in [0.25, 0.3) is 0 Å². The molecule has 5 nitrogen and oxygen atoms in total. The van der Waals surface area contributed by atoms with E-state index in [1.807, 2.05) is 6.92 Å². The fourth-order valence-electron chi connectivity index (χ4n) is 2.14. The molecule has 1 aromatic rings. The first kappa shape index (κ1) is 15.5. The summed E-state index contributed by atoms with van der Waals surface area (Å²) >= 11 is 5.79. The zero-order chi connectivity index (χ0) is 14.9. The minimum atomic E-state index is -3.84. The molecule has 0 spiro atoms. The minimum absolute atomic E-state index is 0.00907. The fourth-order valence-corrected chi connectivity index (χ4v) is 3.97. The zero-order valence-corrected chi connectivity index (χ0v) is 12.5. The topological polar surface area (TPSA) is 81.4 Å². The first-order valence-electron chi connectivity index (χ1n) is 6.18. The van der Waals surface area contributed by atoms with E-state index in [2.05, 4.69) is 4.72 Å². The number of benzene rings is 1. The third kappa shape index (κ3) is 3.41. The lowest BCUT2D eigenvalue weighted by Crippen LogP contribution is -2.41. The Morgan fingerprint density at radius 1 is 1.50 bits per heavy atom. The van der Waals surface area contributed by atoms with Gasteiger partial charge in [-0.25, -0.2) is 17.5 Å². The van der Waals surface area contributed by atoms with E-state index >= 15 is 0 Å². The van der Waals surface area contributed by atoms with Gasteiger partial charge in [0.2, 0.25) is 10.0 Å². The average molecular weight is 323 g/mol. The number of nitrogen functional groups attached to an aromatic ring is 1. The van der Waals surface area contributed by atoms with Crippen molar-refractivity contribution < 1.29 is 17.5 Å². The average Bonchev–Trinajstić information content (AvgIpc) is 2.33. The lowest BCUT2D eigenvalue weighted by Gasteiger charge is -2.27. The summed E-state index contributed by atoms with van der Waals surface area (Å²) < 4.78 is 45.7. The van der Waals surface area contributed by atoms with E-state index in [0.29, 0.717) is 19.4 Å². The van der Waals surface area contributed by atoms with Crippen molar-refractivity contribution in [3.63, 3.8) is 0 Å². The largest absolute Gasteiger partial charge is 0.396 e. The maximum atomic E-state index is 13.2. The zero-order valence-electron chi connectivity index (χ0n) is 10.9. The second-order valence-electron chi connectivity index (χ2n) is 4.83. The van der Waals surface area contributed by atoms with Crippen LogP contribution in [0.15, 0.2) is 17.0 Å². The summed E-state index contributed by atoms with van der Waals surface area (Å²) in [6.07, 6.45) is 1.15. The molecule has 2 atom stereocenters. The van der Waals surface area contributed by atoms with E-state index in [1.54, 1.807) is 0 Å². The van der Waals surface area contributed by atoms with E-state index in [9.17, 15) is 12.8 Å². The van der Waals surface area contributed by atoms with E-state index in [1.165, 1.54) is 0 Å². The predicted octanol–water partition coefficient (Wildman–Crippen LogP) is 1.91. The maximum Gasteiger partial charge on any atom is 0.242 e. The Morgan fingerprint density at radius 2 is 2.20 bits per heavy atom. The summed E-state index contributed by atoms with van der Waals surface area (Å²) in [5.74, 6) is -0.742. The standard InChI is InChI=1S/C12H16ClFN2O3S/c1-7-4-8(2-3-19-7)16-20(17,18)12-6-11(15)10(14)5-9(12)13/h5-8,16H,2-4,15H2,1H3. The summed E-state index contributed by atoms with van der Waals surface area (Å²) in [5, 5.41) is -0.190. The Bertz CT molecular complexity index is 609. The predicted molar refractivity (Wildman–Crippen MR) is 74.6 cm³/mol. The third-order valence-corrected chi connectivity index (χ3v) is 5.13. The van der Waals surface area contributed by atoms with Crippen LogP contribution in [0.2, 0.25) is 5.02 Å². The molecule has 3 N–H and O–H groups in total. The van der Waals surface area contributed by atoms with Crippen LogP contribution >= 0.6 is 11.6 Å². The molecule has 112 valence electrons. The number of anilines is 1. The Balaban J connectivity index is 2.24. The highest BCUT2D eigenvalue weighted by molar-refractivity contribution is 7.89. The Kier molecular flexibility index (Phi) is 4.53. The molecule has 0 amide bonds. The number of nitrogens with two attached hydrogens (primary N) is 1. The van der Waals surface area contributed by atoms with Gasteiger partial charge in [-0.15, -0.1) is 0 Å². The van der Waals surface area contributed by atoms with Crippen LogP contribution in [0.1, 0.15) is 19.8 Å². The monoisotopic (exact) mass is 322 g/mol. The van der Waals surface area contributed by atoms with Crippen LogP contribution in [0, 0.1) is 5.82 Å². The number of hydrogen-bond donors (Lipinski definition) is 2. The maximum absolute atomic E-state index is 13.2. The van der Waals surface area contributed by atoms with Crippen LogP contribution < -0.4 is 10.5 Å². The highest BCUT2D eigenvalue weighted by Crippen LogP contribution is 2.27. The van der Waals surface area contributed by atoms with Gasteiger partial charge in [0, 0.05) is 12.6 Å². The molecule has 1 aliphatic heterocycles. The smallest absolute Gasteiger partial charge is 0.242 e. The van der Waals surface area contributed by atoms with Crippen molar-refractivity contribution in [1.29, 1.82) is 0 Å². The second kappa shape index (κ2) is 5.85. The summed E-state index contributed by atoms with van der Waals surface area (Å²) in [7, 11) is -3.84. The molecule has 0 radical (unpaired) electrons. The van der Waals surface area contributed by atoms with Gasteiger partial charge in [-0.05, 0) is 31.9 Å². The lowest BCUT2D eigenvalue weighted by molar-refractivity contribution is 0.0173. The molecule has 0 bridgehead atoms. The highest BCUT2D eigenvalue weighted by atomic mass is 35.5. The minimum Gasteiger partial charge on any atom is -0.396 e. The molecule has 8 heteroatoms. The number of nitrogens with one attached hydrogen (secondary N) is 1. The van der Waals surface area contributed by atoms with Gasteiger partial charge in [-0.3, -0.25) is 0 Å². The Labute approximate surface area is 122 Å². The van der Waals surface area contributed by atoms with Crippen molar-refractivity contribution in [2.24, 2.45) is 0 Å². The van der Waals surface area contributed by atoms with E-state index in [0.717, 1.165) is 12.1 Å². The molecule has 2 unspecified atom stereocenters. The van der Waals surface area contributed by atoms with Crippen LogP contribution in [-0.4, -0.2) is 27.2 Å². The molecule has 2 rings (SSSR count). The van der Waals surface area contributed by atoms with E-state index < -0.39 is 15.8 Å². The lowest BCUT2D eigenvalue weighted by atomic mass is 10.1. The quantitative estimate of drug-likeness (QED) is 0.833. The second-order valence-corrected chi connectivity index (χ2v) is 6.92. The van der Waals surface area contributed by atoms with Crippen molar-refractivity contribution in [3.05, 3.63) is 23.0 Å². The Hall–Kier alpha value is -0.890. The van der Waals surface area contributed by atoms with Crippen LogP contribution in [0.25, 0.3) is 0 Å². The van der Waals surface area contributed by atoms with E-state index in [-0.39, 0.29) is 27.8 Å². The van der Waals surface area contributed by atoms with Gasteiger partial charge in [0.1, 0.15) is 10.7 Å². The van der Waals surface area contributed by atoms with Gasteiger partial charge in [0.15, 0.2) is 0 Å². The van der Waals surface area contributed by atoms with Crippen molar-refractivity contribution in [2.45, 2.75) is 36.8 Å². The normalized spacial score (nSPS) is 23.8. The summed E-state index contributed by atoms with van der Waals surface area (Å²) in [4.78, 5) is -0.211. The number of rotatable bonds is 3. The Morgan fingerprint density at radius 3 is 2.85 bits per heavy atom. The highest BCUT2D eigenvalue weighted by Gasteiger charge is 2.27. The van der Waals surface area contributed by atoms with Crippen molar-refractivity contribution in [2.75, 3.05) is 12.3 Å². The van der Waals surface area contributed by atoms with Gasteiger partial charge in [-0.2, -0.15) is 0 Å². The van der Waals surface area contributed by atoms with Crippen LogP contribution in [0.5, 0.6) is 0 Å². The van der Waals surface area contributed by atoms with Crippen LogP contribution in [-0.2, 0) is 14.8 Å². The van der Waals surface area contributed by atoms with Gasteiger partial charge in [-0.1, -0.05) is 11.6 Å². The molecule has 0 aromatic heterocycles. The van der Waals surface area contributed by atoms with Crippen molar-refractivity contribution >= 4 is 27.3 Å². The molecule has 1 fully saturated rings. The molecule has 1 saturated heterocycles. The molecular weight excluding hydrogens is 307 g/mol. The number of ether oxygens (including phenoxy) is 1. The van der Waals surface area contributed by atoms with Gasteiger partial charge >= 0.3 is 0 Å². The molecule has 0 saturated carbocycles. The SMILES string of the molecule is CC1CC(NS(=O)(=O)c2cc(N)c(F)cc2Cl)CCO1. The van der Waals surface area contributed by atoms with Gasteiger partial charge in [0.05, 0.1) is 16.8 Å². The number of halogens is 2.